The van der Waals surface area contributed by atoms with Gasteiger partial charge in [0.2, 0.25) is 5.91 Å². The number of carbonyl (C=O) groups excluding carboxylic acids is 1. The summed E-state index contributed by atoms with van der Waals surface area (Å²) >= 11 is 0. The van der Waals surface area contributed by atoms with E-state index >= 15 is 0 Å². The summed E-state index contributed by atoms with van der Waals surface area (Å²) in [5.41, 5.74) is 0.789. The van der Waals surface area contributed by atoms with Gasteiger partial charge < -0.3 is 20.7 Å². The van der Waals surface area contributed by atoms with Crippen LogP contribution in [0.4, 0.5) is 4.39 Å². The maximum atomic E-state index is 12.8. The number of ether oxygens (including phenoxy) is 1. The average molecular weight is 365 g/mol. The minimum atomic E-state index is -0.300. The van der Waals surface area contributed by atoms with E-state index in [9.17, 15) is 9.18 Å². The van der Waals surface area contributed by atoms with Gasteiger partial charge in [0.1, 0.15) is 5.82 Å². The first kappa shape index (κ1) is 20.1. The van der Waals surface area contributed by atoms with E-state index in [0.717, 1.165) is 45.0 Å². The molecule has 0 aliphatic carbocycles. The predicted octanol–water partition coefficient (Wildman–Crippen LogP) is -0.0184. The van der Waals surface area contributed by atoms with Gasteiger partial charge >= 0.3 is 0 Å². The Morgan fingerprint density at radius 1 is 1.12 bits per heavy atom. The standard InChI is InChI=1S/C18H28FN5O2/c1-20-18(23-8-9-24-10-12-26-13-11-24)22-7-6-21-17(25)14-15-2-4-16(19)5-3-15/h2-5H,6-14H2,1H3,(H,21,25)(H2,20,22,23). The quantitative estimate of drug-likeness (QED) is 0.343. The second-order valence-corrected chi connectivity index (χ2v) is 6.03. The average Bonchev–Trinajstić information content (AvgIpc) is 2.66. The van der Waals surface area contributed by atoms with E-state index < -0.39 is 0 Å². The van der Waals surface area contributed by atoms with Crippen molar-refractivity contribution in [3.63, 3.8) is 0 Å². The molecule has 0 aromatic heterocycles. The van der Waals surface area contributed by atoms with E-state index in [-0.39, 0.29) is 18.1 Å². The van der Waals surface area contributed by atoms with E-state index in [2.05, 4.69) is 25.8 Å². The second-order valence-electron chi connectivity index (χ2n) is 6.03. The lowest BCUT2D eigenvalue weighted by atomic mass is 10.1. The highest BCUT2D eigenvalue weighted by molar-refractivity contribution is 5.80. The number of rotatable bonds is 8. The first-order valence-electron chi connectivity index (χ1n) is 8.93. The zero-order valence-corrected chi connectivity index (χ0v) is 15.3. The van der Waals surface area contributed by atoms with Crippen LogP contribution in [-0.2, 0) is 16.0 Å². The molecule has 26 heavy (non-hydrogen) atoms. The molecule has 0 spiro atoms. The Hall–Kier alpha value is -2.19. The van der Waals surface area contributed by atoms with Crippen LogP contribution in [0.5, 0.6) is 0 Å². The van der Waals surface area contributed by atoms with Crippen molar-refractivity contribution in [2.45, 2.75) is 6.42 Å². The van der Waals surface area contributed by atoms with Crippen LogP contribution < -0.4 is 16.0 Å². The number of hydrogen-bond donors (Lipinski definition) is 3. The SMILES string of the molecule is CN=C(NCCNC(=O)Cc1ccc(F)cc1)NCCN1CCOCC1. The number of amides is 1. The summed E-state index contributed by atoms with van der Waals surface area (Å²) < 4.78 is 18.2. The molecule has 1 heterocycles. The first-order chi connectivity index (χ1) is 12.7. The molecule has 0 radical (unpaired) electrons. The molecule has 1 amide bonds. The smallest absolute Gasteiger partial charge is 0.224 e. The van der Waals surface area contributed by atoms with Gasteiger partial charge in [-0.25, -0.2) is 4.39 Å². The number of nitrogens with one attached hydrogen (secondary N) is 3. The molecular formula is C18H28FN5O2. The van der Waals surface area contributed by atoms with Gasteiger partial charge in [0.25, 0.3) is 0 Å². The highest BCUT2D eigenvalue weighted by Gasteiger charge is 2.09. The zero-order chi connectivity index (χ0) is 18.6. The number of aliphatic imine (C=N–C) groups is 1. The third-order valence-corrected chi connectivity index (χ3v) is 4.07. The summed E-state index contributed by atoms with van der Waals surface area (Å²) in [5, 5.41) is 9.26. The Morgan fingerprint density at radius 3 is 2.46 bits per heavy atom. The van der Waals surface area contributed by atoms with Gasteiger partial charge in [0.15, 0.2) is 5.96 Å². The van der Waals surface area contributed by atoms with Gasteiger partial charge in [-0.15, -0.1) is 0 Å². The lowest BCUT2D eigenvalue weighted by Crippen LogP contribution is -2.45. The van der Waals surface area contributed by atoms with Gasteiger partial charge in [-0.05, 0) is 17.7 Å². The van der Waals surface area contributed by atoms with Crippen molar-refractivity contribution >= 4 is 11.9 Å². The summed E-state index contributed by atoms with van der Waals surface area (Å²) in [6.07, 6.45) is 0.243. The molecule has 2 rings (SSSR count). The van der Waals surface area contributed by atoms with E-state index in [1.54, 1.807) is 19.2 Å². The number of benzene rings is 1. The minimum absolute atomic E-state index is 0.0892. The van der Waals surface area contributed by atoms with E-state index in [4.69, 9.17) is 4.74 Å². The van der Waals surface area contributed by atoms with Crippen molar-refractivity contribution in [3.05, 3.63) is 35.6 Å². The molecule has 1 fully saturated rings. The fraction of sp³-hybridized carbons (Fsp3) is 0.556. The monoisotopic (exact) mass is 365 g/mol. The number of carbonyl (C=O) groups is 1. The lowest BCUT2D eigenvalue weighted by molar-refractivity contribution is -0.120. The summed E-state index contributed by atoms with van der Waals surface area (Å²) in [6, 6.07) is 5.95. The number of halogens is 1. The molecule has 144 valence electrons. The van der Waals surface area contributed by atoms with Crippen LogP contribution in [0, 0.1) is 5.82 Å². The molecule has 1 aliphatic rings. The Morgan fingerprint density at radius 2 is 1.77 bits per heavy atom. The second kappa shape index (κ2) is 11.4. The summed E-state index contributed by atoms with van der Waals surface area (Å²) in [6.45, 7) is 6.34. The van der Waals surface area contributed by atoms with Gasteiger partial charge in [-0.2, -0.15) is 0 Å². The highest BCUT2D eigenvalue weighted by atomic mass is 19.1. The third kappa shape index (κ3) is 7.79. The molecule has 1 aromatic rings. The van der Waals surface area contributed by atoms with Crippen LogP contribution in [0.2, 0.25) is 0 Å². The minimum Gasteiger partial charge on any atom is -0.379 e. The fourth-order valence-electron chi connectivity index (χ4n) is 2.61. The fourth-order valence-corrected chi connectivity index (χ4v) is 2.61. The van der Waals surface area contributed by atoms with Crippen molar-refractivity contribution in [1.29, 1.82) is 0 Å². The topological polar surface area (TPSA) is 78.0 Å². The third-order valence-electron chi connectivity index (χ3n) is 4.07. The summed E-state index contributed by atoms with van der Waals surface area (Å²) in [7, 11) is 1.72. The Kier molecular flexibility index (Phi) is 8.85. The molecular weight excluding hydrogens is 337 g/mol. The van der Waals surface area contributed by atoms with Crippen LogP contribution in [0.15, 0.2) is 29.3 Å². The molecule has 0 bridgehead atoms. The highest BCUT2D eigenvalue weighted by Crippen LogP contribution is 2.03. The number of nitrogens with zero attached hydrogens (tertiary/aromatic N) is 2. The molecule has 1 aliphatic heterocycles. The van der Waals surface area contributed by atoms with Crippen molar-refractivity contribution < 1.29 is 13.9 Å². The molecule has 0 unspecified atom stereocenters. The van der Waals surface area contributed by atoms with Crippen molar-refractivity contribution in [2.75, 3.05) is 59.5 Å². The van der Waals surface area contributed by atoms with Crippen LogP contribution in [0.1, 0.15) is 5.56 Å². The Balaban J connectivity index is 1.55. The Labute approximate surface area is 154 Å². The molecule has 1 aromatic carbocycles. The number of morpholine rings is 1. The van der Waals surface area contributed by atoms with Crippen molar-refractivity contribution in [2.24, 2.45) is 4.99 Å². The van der Waals surface area contributed by atoms with Crippen LogP contribution in [0.25, 0.3) is 0 Å². The van der Waals surface area contributed by atoms with Crippen molar-refractivity contribution in [3.8, 4) is 0 Å². The van der Waals surface area contributed by atoms with Crippen molar-refractivity contribution in [1.82, 2.24) is 20.9 Å². The van der Waals surface area contributed by atoms with Gasteiger partial charge in [0.05, 0.1) is 19.6 Å². The molecule has 1 saturated heterocycles. The lowest BCUT2D eigenvalue weighted by Gasteiger charge is -2.26. The maximum Gasteiger partial charge on any atom is 0.224 e. The predicted molar refractivity (Wildman–Crippen MR) is 99.7 cm³/mol. The molecule has 0 saturated carbocycles. The van der Waals surface area contributed by atoms with Crippen LogP contribution >= 0.6 is 0 Å². The summed E-state index contributed by atoms with van der Waals surface area (Å²) in [4.78, 5) is 18.4. The van der Waals surface area contributed by atoms with Crippen LogP contribution in [0.3, 0.4) is 0 Å². The summed E-state index contributed by atoms with van der Waals surface area (Å²) in [5.74, 6) is 0.325. The first-order valence-corrected chi connectivity index (χ1v) is 8.93. The molecule has 0 atom stereocenters. The van der Waals surface area contributed by atoms with Gasteiger partial charge in [-0.3, -0.25) is 14.7 Å². The largest absolute Gasteiger partial charge is 0.379 e. The van der Waals surface area contributed by atoms with E-state index in [1.165, 1.54) is 12.1 Å². The molecule has 7 nitrogen and oxygen atoms in total. The maximum absolute atomic E-state index is 12.8. The Bertz CT molecular complexity index is 573. The number of guanidine groups is 1. The zero-order valence-electron chi connectivity index (χ0n) is 15.3. The van der Waals surface area contributed by atoms with Gasteiger partial charge in [0, 0.05) is 46.3 Å². The molecule has 3 N–H and O–H groups in total. The molecule has 8 heteroatoms. The van der Waals surface area contributed by atoms with Crippen LogP contribution in [-0.4, -0.2) is 76.3 Å². The normalized spacial score (nSPS) is 15.5. The van der Waals surface area contributed by atoms with E-state index in [0.29, 0.717) is 19.0 Å². The van der Waals surface area contributed by atoms with E-state index in [1.807, 2.05) is 0 Å². The number of hydrogen-bond acceptors (Lipinski definition) is 4. The van der Waals surface area contributed by atoms with Gasteiger partial charge in [-0.1, -0.05) is 12.1 Å².